The summed E-state index contributed by atoms with van der Waals surface area (Å²) < 4.78 is 27.0. The number of hydrogen-bond donors (Lipinski definition) is 3. The van der Waals surface area contributed by atoms with Crippen molar-refractivity contribution in [2.45, 2.75) is 33.6 Å². The highest BCUT2D eigenvalue weighted by atomic mass is 32.2. The number of carbonyl (C=O) groups excluding carboxylic acids is 1. The van der Waals surface area contributed by atoms with E-state index >= 15 is 0 Å². The maximum atomic E-state index is 12.5. The first-order valence-corrected chi connectivity index (χ1v) is 11.3. The van der Waals surface area contributed by atoms with Crippen molar-refractivity contribution in [3.8, 4) is 0 Å². The van der Waals surface area contributed by atoms with Crippen molar-refractivity contribution in [1.29, 1.82) is 0 Å². The molecule has 0 unspecified atom stereocenters. The maximum Gasteiger partial charge on any atom is 0.253 e. The zero-order chi connectivity index (χ0) is 22.2. The summed E-state index contributed by atoms with van der Waals surface area (Å²) in [6.45, 7) is 5.51. The minimum absolute atomic E-state index is 0.109. The summed E-state index contributed by atoms with van der Waals surface area (Å²) in [7, 11) is -1.66. The van der Waals surface area contributed by atoms with E-state index < -0.39 is 10.0 Å². The van der Waals surface area contributed by atoms with Crippen molar-refractivity contribution < 1.29 is 13.2 Å². The summed E-state index contributed by atoms with van der Waals surface area (Å²) >= 11 is 0. The third-order valence-corrected chi connectivity index (χ3v) is 5.57. The van der Waals surface area contributed by atoms with Crippen LogP contribution in [0.4, 0.5) is 11.4 Å². The topological polar surface area (TPSA) is 126 Å². The van der Waals surface area contributed by atoms with Gasteiger partial charge in [0.15, 0.2) is 0 Å². The summed E-state index contributed by atoms with van der Waals surface area (Å²) in [5.41, 5.74) is 4.23. The Morgan fingerprint density at radius 2 is 1.93 bits per heavy atom. The van der Waals surface area contributed by atoms with Crippen LogP contribution in [0, 0.1) is 20.8 Å². The highest BCUT2D eigenvalue weighted by Gasteiger charge is 2.16. The maximum absolute atomic E-state index is 12.5. The molecule has 1 aromatic carbocycles. The number of aromatic nitrogens is 3. The molecule has 3 N–H and O–H groups in total. The predicted molar refractivity (Wildman–Crippen MR) is 117 cm³/mol. The molecule has 0 bridgehead atoms. The van der Waals surface area contributed by atoms with Gasteiger partial charge in [0.05, 0.1) is 17.6 Å². The number of rotatable bonds is 6. The molecule has 3 aromatic rings. The zero-order valence-corrected chi connectivity index (χ0v) is 18.4. The Morgan fingerprint density at radius 1 is 1.23 bits per heavy atom. The Balaban J connectivity index is 1.76. The number of fused-ring (bicyclic) bond motifs is 1. The van der Waals surface area contributed by atoms with Gasteiger partial charge >= 0.3 is 0 Å². The number of H-pyrrole nitrogens is 1. The smallest absolute Gasteiger partial charge is 0.253 e. The summed E-state index contributed by atoms with van der Waals surface area (Å²) in [5.74, 6) is -0.272. The lowest BCUT2D eigenvalue weighted by Crippen LogP contribution is -2.19. The Morgan fingerprint density at radius 3 is 2.60 bits per heavy atom. The quantitative estimate of drug-likeness (QED) is 0.551. The molecular formula is C20H25N5O4S. The molecule has 0 saturated heterocycles. The number of aryl methyl sites for hydroxylation is 4. The number of nitrogens with one attached hydrogen (secondary N) is 3. The fraction of sp³-hybridized carbons (Fsp3) is 0.350. The fourth-order valence-electron chi connectivity index (χ4n) is 3.53. The molecule has 0 saturated carbocycles. The van der Waals surface area contributed by atoms with Crippen LogP contribution < -0.4 is 15.6 Å². The molecule has 2 heterocycles. The molecule has 1 amide bonds. The lowest BCUT2D eigenvalue weighted by molar-refractivity contribution is -0.116. The first-order chi connectivity index (χ1) is 14.0. The third kappa shape index (κ3) is 4.54. The standard InChI is InChI=1S/C20H25N5O4S/c1-11-6-7-14(10-16(11)24-30(5,28)29)21-17(26)9-8-15-12(2)18-13(3)23-25(4)19(18)22-20(15)27/h6-7,10,24H,8-9H2,1-5H3,(H,21,26)(H,22,27). The molecule has 0 aliphatic heterocycles. The molecule has 0 radical (unpaired) electrons. The average molecular weight is 432 g/mol. The van der Waals surface area contributed by atoms with Gasteiger partial charge in [0.25, 0.3) is 5.56 Å². The normalized spacial score (nSPS) is 11.6. The largest absolute Gasteiger partial charge is 0.326 e. The van der Waals surface area contributed by atoms with Crippen molar-refractivity contribution in [1.82, 2.24) is 14.8 Å². The van der Waals surface area contributed by atoms with Crippen LogP contribution in [0.5, 0.6) is 0 Å². The zero-order valence-electron chi connectivity index (χ0n) is 17.6. The summed E-state index contributed by atoms with van der Waals surface area (Å²) in [6.07, 6.45) is 1.45. The summed E-state index contributed by atoms with van der Waals surface area (Å²) in [5, 5.41) is 7.99. The number of carbonyl (C=O) groups is 1. The average Bonchev–Trinajstić information content (AvgIpc) is 2.90. The van der Waals surface area contributed by atoms with E-state index in [2.05, 4.69) is 20.1 Å². The number of amides is 1. The summed E-state index contributed by atoms with van der Waals surface area (Å²) in [6, 6.07) is 4.98. The highest BCUT2D eigenvalue weighted by molar-refractivity contribution is 7.92. The van der Waals surface area contributed by atoms with Crippen LogP contribution in [0.2, 0.25) is 0 Å². The van der Waals surface area contributed by atoms with Crippen LogP contribution in [-0.2, 0) is 28.3 Å². The molecule has 160 valence electrons. The van der Waals surface area contributed by atoms with Gasteiger partial charge in [0, 0.05) is 30.1 Å². The van der Waals surface area contributed by atoms with Crippen molar-refractivity contribution in [2.24, 2.45) is 7.05 Å². The van der Waals surface area contributed by atoms with Gasteiger partial charge in [0.2, 0.25) is 15.9 Å². The lowest BCUT2D eigenvalue weighted by atomic mass is 10.0. The van der Waals surface area contributed by atoms with Crippen molar-refractivity contribution in [3.05, 3.63) is 50.9 Å². The minimum Gasteiger partial charge on any atom is -0.326 e. The fourth-order valence-corrected chi connectivity index (χ4v) is 4.15. The van der Waals surface area contributed by atoms with Crippen molar-refractivity contribution in [2.75, 3.05) is 16.3 Å². The molecule has 30 heavy (non-hydrogen) atoms. The lowest BCUT2D eigenvalue weighted by Gasteiger charge is -2.11. The van der Waals surface area contributed by atoms with Gasteiger partial charge in [-0.25, -0.2) is 8.42 Å². The second-order valence-electron chi connectivity index (χ2n) is 7.44. The first kappa shape index (κ1) is 21.6. The molecule has 9 nitrogen and oxygen atoms in total. The van der Waals surface area contributed by atoms with Gasteiger partial charge in [0.1, 0.15) is 5.65 Å². The Kier molecular flexibility index (Phi) is 5.71. The van der Waals surface area contributed by atoms with Crippen LogP contribution in [0.3, 0.4) is 0 Å². The third-order valence-electron chi connectivity index (χ3n) is 4.97. The molecule has 0 spiro atoms. The molecule has 0 atom stereocenters. The van der Waals surface area contributed by atoms with Gasteiger partial charge < -0.3 is 10.3 Å². The van der Waals surface area contributed by atoms with E-state index in [4.69, 9.17) is 0 Å². The minimum atomic E-state index is -3.43. The number of nitrogens with zero attached hydrogens (tertiary/aromatic N) is 2. The van der Waals surface area contributed by atoms with E-state index in [0.717, 1.165) is 28.5 Å². The Hall–Kier alpha value is -3.14. The van der Waals surface area contributed by atoms with Crippen LogP contribution in [-0.4, -0.2) is 35.3 Å². The van der Waals surface area contributed by atoms with E-state index in [1.165, 1.54) is 0 Å². The molecular weight excluding hydrogens is 406 g/mol. The molecule has 10 heteroatoms. The molecule has 0 fully saturated rings. The highest BCUT2D eigenvalue weighted by Crippen LogP contribution is 2.23. The van der Waals surface area contributed by atoms with Gasteiger partial charge in [-0.15, -0.1) is 0 Å². The van der Waals surface area contributed by atoms with E-state index in [0.29, 0.717) is 22.6 Å². The number of pyridine rings is 1. The first-order valence-electron chi connectivity index (χ1n) is 9.39. The summed E-state index contributed by atoms with van der Waals surface area (Å²) in [4.78, 5) is 27.8. The van der Waals surface area contributed by atoms with Crippen LogP contribution >= 0.6 is 0 Å². The Bertz CT molecular complexity index is 1300. The number of sulfonamides is 1. The predicted octanol–water partition coefficient (Wildman–Crippen LogP) is 2.13. The Labute approximate surface area is 174 Å². The molecule has 2 aromatic heterocycles. The molecule has 3 rings (SSSR count). The van der Waals surface area contributed by atoms with Gasteiger partial charge in [-0.1, -0.05) is 6.07 Å². The van der Waals surface area contributed by atoms with Crippen molar-refractivity contribution in [3.63, 3.8) is 0 Å². The molecule has 0 aliphatic carbocycles. The SMILES string of the molecule is Cc1ccc(NC(=O)CCc2c(C)c3c(C)nn(C)c3[nH]c2=O)cc1NS(C)(=O)=O. The monoisotopic (exact) mass is 431 g/mol. The number of anilines is 2. The van der Waals surface area contributed by atoms with Crippen LogP contribution in [0.1, 0.15) is 28.8 Å². The number of benzene rings is 1. The van der Waals surface area contributed by atoms with Gasteiger partial charge in [-0.3, -0.25) is 19.0 Å². The van der Waals surface area contributed by atoms with Crippen LogP contribution in [0.15, 0.2) is 23.0 Å². The van der Waals surface area contributed by atoms with Crippen LogP contribution in [0.25, 0.3) is 11.0 Å². The van der Waals surface area contributed by atoms with E-state index in [1.807, 2.05) is 13.8 Å². The van der Waals surface area contributed by atoms with Gasteiger partial charge in [-0.05, 0) is 50.5 Å². The molecule has 0 aliphatic rings. The second-order valence-corrected chi connectivity index (χ2v) is 9.19. The van der Waals surface area contributed by atoms with E-state index in [1.54, 1.807) is 36.9 Å². The second kappa shape index (κ2) is 7.94. The number of aromatic amines is 1. The number of hydrogen-bond acceptors (Lipinski definition) is 5. The van der Waals surface area contributed by atoms with E-state index in [9.17, 15) is 18.0 Å². The van der Waals surface area contributed by atoms with Gasteiger partial charge in [-0.2, -0.15) is 5.10 Å². The van der Waals surface area contributed by atoms with Crippen molar-refractivity contribution >= 4 is 38.3 Å². The van der Waals surface area contributed by atoms with E-state index in [-0.39, 0.29) is 24.3 Å².